The molecule has 1 amide bonds. The van der Waals surface area contributed by atoms with Crippen molar-refractivity contribution in [2.24, 2.45) is 5.92 Å². The molecule has 1 saturated heterocycles. The molecule has 1 aromatic heterocycles. The van der Waals surface area contributed by atoms with Gasteiger partial charge < -0.3 is 9.88 Å². The fourth-order valence-electron chi connectivity index (χ4n) is 3.34. The van der Waals surface area contributed by atoms with Crippen molar-refractivity contribution < 1.29 is 9.59 Å². The van der Waals surface area contributed by atoms with Crippen LogP contribution in [0.4, 0.5) is 0 Å². The first-order valence-corrected chi connectivity index (χ1v) is 8.25. The van der Waals surface area contributed by atoms with Crippen molar-refractivity contribution >= 4 is 11.7 Å². The number of ketones is 1. The average Bonchev–Trinajstić information content (AvgIpc) is 2.76. The van der Waals surface area contributed by atoms with Crippen molar-refractivity contribution in [2.75, 3.05) is 32.7 Å². The first-order valence-electron chi connectivity index (χ1n) is 8.25. The number of H-pyrrole nitrogens is 1. The van der Waals surface area contributed by atoms with Crippen LogP contribution in [-0.2, 0) is 4.79 Å². The van der Waals surface area contributed by atoms with Crippen molar-refractivity contribution in [1.29, 1.82) is 0 Å². The molecule has 1 N–H and O–H groups in total. The first-order chi connectivity index (χ1) is 10.5. The molecule has 0 unspecified atom stereocenters. The second-order valence-electron chi connectivity index (χ2n) is 6.64. The molecule has 3 rings (SSSR count). The Labute approximate surface area is 131 Å². The van der Waals surface area contributed by atoms with Gasteiger partial charge in [-0.3, -0.25) is 14.5 Å². The predicted molar refractivity (Wildman–Crippen MR) is 85.0 cm³/mol. The summed E-state index contributed by atoms with van der Waals surface area (Å²) in [6.45, 7) is 7.47. The number of nitrogens with one attached hydrogen (secondary N) is 1. The van der Waals surface area contributed by atoms with Crippen LogP contribution in [0.5, 0.6) is 0 Å². The van der Waals surface area contributed by atoms with Crippen molar-refractivity contribution in [3.8, 4) is 0 Å². The third kappa shape index (κ3) is 3.09. The topological polar surface area (TPSA) is 56.4 Å². The van der Waals surface area contributed by atoms with Crippen molar-refractivity contribution in [2.45, 2.75) is 33.1 Å². The Bertz CT molecular complexity index is 566. The van der Waals surface area contributed by atoms with E-state index in [1.807, 2.05) is 24.8 Å². The highest BCUT2D eigenvalue weighted by Crippen LogP contribution is 2.28. The molecule has 2 aliphatic rings. The lowest BCUT2D eigenvalue weighted by molar-refractivity contribution is -0.139. The number of carbonyl (C=O) groups excluding carboxylic acids is 2. The Hall–Kier alpha value is -1.62. The van der Waals surface area contributed by atoms with Crippen molar-refractivity contribution in [3.63, 3.8) is 0 Å². The van der Waals surface area contributed by atoms with Crippen LogP contribution >= 0.6 is 0 Å². The Kier molecular flexibility index (Phi) is 4.34. The number of carbonyl (C=O) groups is 2. The third-order valence-electron chi connectivity index (χ3n) is 4.96. The molecule has 0 radical (unpaired) electrons. The molecule has 5 heteroatoms. The van der Waals surface area contributed by atoms with E-state index in [1.54, 1.807) is 0 Å². The lowest BCUT2D eigenvalue weighted by Crippen LogP contribution is -2.52. The second kappa shape index (κ2) is 6.24. The van der Waals surface area contributed by atoms with E-state index in [4.69, 9.17) is 0 Å². The molecular formula is C17H25N3O2. The Morgan fingerprint density at radius 1 is 1.18 bits per heavy atom. The summed E-state index contributed by atoms with van der Waals surface area (Å²) in [6.07, 6.45) is 3.31. The maximum absolute atomic E-state index is 12.4. The minimum Gasteiger partial charge on any atom is -0.362 e. The van der Waals surface area contributed by atoms with E-state index >= 15 is 0 Å². The van der Waals surface area contributed by atoms with Gasteiger partial charge in [-0.15, -0.1) is 0 Å². The number of piperazine rings is 1. The van der Waals surface area contributed by atoms with E-state index in [0.717, 1.165) is 56.0 Å². The molecule has 2 fully saturated rings. The van der Waals surface area contributed by atoms with Crippen molar-refractivity contribution in [3.05, 3.63) is 23.0 Å². The minimum atomic E-state index is 0.167. The van der Waals surface area contributed by atoms with E-state index in [1.165, 1.54) is 6.42 Å². The van der Waals surface area contributed by atoms with Gasteiger partial charge >= 0.3 is 0 Å². The number of amides is 1. The molecule has 1 aromatic rings. The summed E-state index contributed by atoms with van der Waals surface area (Å²) in [5, 5.41) is 0. The smallest absolute Gasteiger partial charge is 0.225 e. The van der Waals surface area contributed by atoms with Crippen LogP contribution in [0.15, 0.2) is 6.07 Å². The fourth-order valence-corrected chi connectivity index (χ4v) is 3.34. The molecule has 0 atom stereocenters. The highest BCUT2D eigenvalue weighted by Gasteiger charge is 2.31. The second-order valence-corrected chi connectivity index (χ2v) is 6.64. The maximum Gasteiger partial charge on any atom is 0.225 e. The molecule has 2 heterocycles. The van der Waals surface area contributed by atoms with E-state index in [2.05, 4.69) is 9.88 Å². The average molecular weight is 303 g/mol. The van der Waals surface area contributed by atoms with Gasteiger partial charge in [-0.25, -0.2) is 0 Å². The summed E-state index contributed by atoms with van der Waals surface area (Å²) in [4.78, 5) is 31.9. The maximum atomic E-state index is 12.4. The summed E-state index contributed by atoms with van der Waals surface area (Å²) in [5.41, 5.74) is 2.77. The number of Topliss-reactive ketones (excluding diaryl/α,β-unsaturated/α-hetero) is 1. The van der Waals surface area contributed by atoms with Crippen LogP contribution in [0.3, 0.4) is 0 Å². The lowest BCUT2D eigenvalue weighted by Gasteiger charge is -2.38. The first kappa shape index (κ1) is 15.3. The SMILES string of the molecule is Cc1cc(C(=O)CN2CCN(C(=O)C3CCC3)CC2)c(C)[nH]1. The summed E-state index contributed by atoms with van der Waals surface area (Å²) in [5.74, 6) is 0.772. The number of hydrogen-bond donors (Lipinski definition) is 1. The van der Waals surface area contributed by atoms with Gasteiger partial charge in [-0.05, 0) is 32.8 Å². The highest BCUT2D eigenvalue weighted by atomic mass is 16.2. The minimum absolute atomic E-state index is 0.167. The molecule has 1 aliphatic heterocycles. The van der Waals surface area contributed by atoms with Gasteiger partial charge in [0.15, 0.2) is 5.78 Å². The molecule has 1 saturated carbocycles. The highest BCUT2D eigenvalue weighted by molar-refractivity contribution is 5.98. The Balaban J connectivity index is 1.50. The third-order valence-corrected chi connectivity index (χ3v) is 4.96. The molecule has 0 spiro atoms. The van der Waals surface area contributed by atoms with Crippen LogP contribution < -0.4 is 0 Å². The van der Waals surface area contributed by atoms with Gasteiger partial charge in [0, 0.05) is 49.0 Å². The fraction of sp³-hybridized carbons (Fsp3) is 0.647. The number of aryl methyl sites for hydroxylation is 2. The summed E-state index contributed by atoms with van der Waals surface area (Å²) in [7, 11) is 0. The van der Waals surface area contributed by atoms with Gasteiger partial charge in [0.2, 0.25) is 5.91 Å². The zero-order chi connectivity index (χ0) is 15.7. The van der Waals surface area contributed by atoms with Crippen LogP contribution in [0, 0.1) is 19.8 Å². The number of aromatic amines is 1. The number of nitrogens with zero attached hydrogens (tertiary/aromatic N) is 2. The molecule has 0 bridgehead atoms. The Morgan fingerprint density at radius 3 is 2.36 bits per heavy atom. The van der Waals surface area contributed by atoms with E-state index in [-0.39, 0.29) is 11.7 Å². The van der Waals surface area contributed by atoms with E-state index in [0.29, 0.717) is 12.5 Å². The molecule has 1 aliphatic carbocycles. The van der Waals surface area contributed by atoms with E-state index in [9.17, 15) is 9.59 Å². The summed E-state index contributed by atoms with van der Waals surface area (Å²) in [6, 6.07) is 1.92. The predicted octanol–water partition coefficient (Wildman–Crippen LogP) is 1.76. The standard InChI is InChI=1S/C17H25N3O2/c1-12-10-15(13(2)18-12)16(21)11-19-6-8-20(9-7-19)17(22)14-4-3-5-14/h10,14,18H,3-9,11H2,1-2H3. The lowest BCUT2D eigenvalue weighted by atomic mass is 9.84. The van der Waals surface area contributed by atoms with Gasteiger partial charge in [0.25, 0.3) is 0 Å². The number of aromatic nitrogens is 1. The van der Waals surface area contributed by atoms with Crippen LogP contribution in [-0.4, -0.2) is 59.2 Å². The number of rotatable bonds is 4. The number of hydrogen-bond acceptors (Lipinski definition) is 3. The van der Waals surface area contributed by atoms with Crippen LogP contribution in [0.2, 0.25) is 0 Å². The Morgan fingerprint density at radius 2 is 1.86 bits per heavy atom. The molecule has 0 aromatic carbocycles. The van der Waals surface area contributed by atoms with Gasteiger partial charge in [0.05, 0.1) is 6.54 Å². The molecular weight excluding hydrogens is 278 g/mol. The van der Waals surface area contributed by atoms with Crippen LogP contribution in [0.1, 0.15) is 41.0 Å². The zero-order valence-electron chi connectivity index (χ0n) is 13.5. The monoisotopic (exact) mass is 303 g/mol. The molecule has 22 heavy (non-hydrogen) atoms. The van der Waals surface area contributed by atoms with Gasteiger partial charge in [-0.1, -0.05) is 6.42 Å². The summed E-state index contributed by atoms with van der Waals surface area (Å²) >= 11 is 0. The molecule has 5 nitrogen and oxygen atoms in total. The van der Waals surface area contributed by atoms with E-state index < -0.39 is 0 Å². The summed E-state index contributed by atoms with van der Waals surface area (Å²) < 4.78 is 0. The van der Waals surface area contributed by atoms with Crippen molar-refractivity contribution in [1.82, 2.24) is 14.8 Å². The molecule has 120 valence electrons. The normalized spacial score (nSPS) is 20.0. The zero-order valence-corrected chi connectivity index (χ0v) is 13.5. The van der Waals surface area contributed by atoms with Gasteiger partial charge in [0.1, 0.15) is 0 Å². The van der Waals surface area contributed by atoms with Gasteiger partial charge in [-0.2, -0.15) is 0 Å². The quantitative estimate of drug-likeness (QED) is 0.862. The largest absolute Gasteiger partial charge is 0.362 e. The van der Waals surface area contributed by atoms with Crippen LogP contribution in [0.25, 0.3) is 0 Å².